The van der Waals surface area contributed by atoms with Crippen molar-refractivity contribution in [2.45, 2.75) is 64.1 Å². The Bertz CT molecular complexity index is 977. The van der Waals surface area contributed by atoms with Crippen molar-refractivity contribution in [2.75, 3.05) is 24.6 Å². The molecule has 0 spiro atoms. The van der Waals surface area contributed by atoms with Gasteiger partial charge in [0.1, 0.15) is 0 Å². The Morgan fingerprint density at radius 3 is 2.81 bits per heavy atom. The molecule has 1 aromatic heterocycles. The molecule has 0 aliphatic carbocycles. The van der Waals surface area contributed by atoms with E-state index in [-0.39, 0.29) is 18.2 Å². The van der Waals surface area contributed by atoms with Crippen LogP contribution >= 0.6 is 12.4 Å². The number of anilines is 1. The predicted molar refractivity (Wildman–Crippen MR) is 129 cm³/mol. The predicted octanol–water partition coefficient (Wildman–Crippen LogP) is 4.59. The number of nitrogens with zero attached hydrogens (tertiary/aromatic N) is 4. The molecule has 0 amide bonds. The van der Waals surface area contributed by atoms with Crippen molar-refractivity contribution in [2.24, 2.45) is 0 Å². The lowest BCUT2D eigenvalue weighted by atomic mass is 9.97. The zero-order valence-electron chi connectivity index (χ0n) is 18.8. The minimum atomic E-state index is 0. The second kappa shape index (κ2) is 9.67. The van der Waals surface area contributed by atoms with Gasteiger partial charge in [-0.15, -0.1) is 19.0 Å². The third-order valence-electron chi connectivity index (χ3n) is 6.95. The highest BCUT2D eigenvalue weighted by Crippen LogP contribution is 2.44. The minimum Gasteiger partial charge on any atom is -0.504 e. The molecule has 4 heterocycles. The maximum Gasteiger partial charge on any atom is 0.225 e. The van der Waals surface area contributed by atoms with Gasteiger partial charge in [0.05, 0.1) is 12.3 Å². The number of allylic oxidation sites excluding steroid dienone is 1. The SMILES string of the molecule is C=CCc1cc(CN2C3CCC2c2cnc(N4CCCC4)nc2C3)cc(OCC)c1O.Cl. The van der Waals surface area contributed by atoms with Crippen LogP contribution in [0.3, 0.4) is 0 Å². The summed E-state index contributed by atoms with van der Waals surface area (Å²) in [7, 11) is 0. The summed E-state index contributed by atoms with van der Waals surface area (Å²) >= 11 is 0. The number of benzene rings is 1. The summed E-state index contributed by atoms with van der Waals surface area (Å²) in [4.78, 5) is 14.7. The molecular weight excluding hydrogens is 424 g/mol. The van der Waals surface area contributed by atoms with Gasteiger partial charge in [0.25, 0.3) is 0 Å². The summed E-state index contributed by atoms with van der Waals surface area (Å²) < 4.78 is 5.71. The molecule has 2 atom stereocenters. The van der Waals surface area contributed by atoms with E-state index >= 15 is 0 Å². The molecule has 2 saturated heterocycles. The topological polar surface area (TPSA) is 61.7 Å². The van der Waals surface area contributed by atoms with Crippen molar-refractivity contribution >= 4 is 18.4 Å². The van der Waals surface area contributed by atoms with Crippen LogP contribution in [0, 0.1) is 0 Å². The van der Waals surface area contributed by atoms with E-state index in [2.05, 4.69) is 28.6 Å². The Kier molecular flexibility index (Phi) is 6.91. The first-order chi connectivity index (χ1) is 15.2. The Morgan fingerprint density at radius 1 is 1.25 bits per heavy atom. The molecule has 2 aromatic rings. The largest absolute Gasteiger partial charge is 0.504 e. The highest BCUT2D eigenvalue weighted by atomic mass is 35.5. The molecule has 3 aliphatic heterocycles. The van der Waals surface area contributed by atoms with E-state index in [1.165, 1.54) is 36.1 Å². The molecule has 0 saturated carbocycles. The standard InChI is InChI=1S/C25H32N4O2.ClH/c1-3-7-18-12-17(13-23(24(18)30)31-4-2)16-29-19-8-9-22(29)20-15-26-25(27-21(20)14-19)28-10-5-6-11-28;/h3,12-13,15,19,22,30H,1,4-11,14,16H2,2H3;1H. The first kappa shape index (κ1) is 22.9. The second-order valence-corrected chi connectivity index (χ2v) is 8.92. The molecule has 5 rings (SSSR count). The highest BCUT2D eigenvalue weighted by Gasteiger charge is 2.41. The molecule has 1 N–H and O–H groups in total. The van der Waals surface area contributed by atoms with Crippen LogP contribution < -0.4 is 9.64 Å². The Morgan fingerprint density at radius 2 is 2.06 bits per heavy atom. The molecule has 3 aliphatic rings. The molecule has 172 valence electrons. The van der Waals surface area contributed by atoms with Crippen LogP contribution in [0.15, 0.2) is 31.0 Å². The fourth-order valence-electron chi connectivity index (χ4n) is 5.49. The van der Waals surface area contributed by atoms with Gasteiger partial charge in [0.15, 0.2) is 11.5 Å². The first-order valence-electron chi connectivity index (χ1n) is 11.6. The fraction of sp³-hybridized carbons (Fsp3) is 0.520. The Hall–Kier alpha value is -2.31. The quantitative estimate of drug-likeness (QED) is 0.614. The van der Waals surface area contributed by atoms with E-state index in [4.69, 9.17) is 14.7 Å². The first-order valence-corrected chi connectivity index (χ1v) is 11.6. The smallest absolute Gasteiger partial charge is 0.225 e. The number of rotatable bonds is 7. The monoisotopic (exact) mass is 456 g/mol. The van der Waals surface area contributed by atoms with Gasteiger partial charge in [0.2, 0.25) is 5.95 Å². The fourth-order valence-corrected chi connectivity index (χ4v) is 5.49. The van der Waals surface area contributed by atoms with Gasteiger partial charge in [-0.25, -0.2) is 9.97 Å². The van der Waals surface area contributed by atoms with E-state index in [0.717, 1.165) is 44.0 Å². The van der Waals surface area contributed by atoms with Crippen LogP contribution in [0.25, 0.3) is 0 Å². The van der Waals surface area contributed by atoms with Crippen LogP contribution in [0.4, 0.5) is 5.95 Å². The van der Waals surface area contributed by atoms with Crippen LogP contribution in [-0.2, 0) is 19.4 Å². The molecule has 2 unspecified atom stereocenters. The van der Waals surface area contributed by atoms with Gasteiger partial charge in [-0.05, 0) is 50.7 Å². The highest BCUT2D eigenvalue weighted by molar-refractivity contribution is 5.85. The van der Waals surface area contributed by atoms with E-state index in [1.54, 1.807) is 0 Å². The summed E-state index contributed by atoms with van der Waals surface area (Å²) in [6.45, 7) is 9.30. The number of aromatic nitrogens is 2. The third-order valence-corrected chi connectivity index (χ3v) is 6.95. The van der Waals surface area contributed by atoms with Crippen molar-refractivity contribution in [1.29, 1.82) is 0 Å². The number of halogens is 1. The number of phenolic OH excluding ortho intramolecular Hbond substituents is 1. The molecule has 32 heavy (non-hydrogen) atoms. The molecule has 6 nitrogen and oxygen atoms in total. The van der Waals surface area contributed by atoms with E-state index < -0.39 is 0 Å². The van der Waals surface area contributed by atoms with Gasteiger partial charge in [-0.2, -0.15) is 0 Å². The van der Waals surface area contributed by atoms with Crippen molar-refractivity contribution in [3.05, 3.63) is 53.4 Å². The zero-order chi connectivity index (χ0) is 21.4. The molecule has 2 bridgehead atoms. The van der Waals surface area contributed by atoms with Crippen molar-refractivity contribution in [1.82, 2.24) is 14.9 Å². The molecule has 1 aromatic carbocycles. The number of aromatic hydroxyl groups is 1. The van der Waals surface area contributed by atoms with Crippen LogP contribution in [-0.4, -0.2) is 45.7 Å². The maximum atomic E-state index is 10.5. The number of hydrogen-bond acceptors (Lipinski definition) is 6. The summed E-state index contributed by atoms with van der Waals surface area (Å²) in [5.41, 5.74) is 4.59. The van der Waals surface area contributed by atoms with Gasteiger partial charge in [-0.1, -0.05) is 12.1 Å². The van der Waals surface area contributed by atoms with E-state index in [0.29, 0.717) is 30.9 Å². The number of fused-ring (bicyclic) bond motifs is 4. The third kappa shape index (κ3) is 4.18. The van der Waals surface area contributed by atoms with Gasteiger partial charge in [0, 0.05) is 55.5 Å². The van der Waals surface area contributed by atoms with E-state index in [1.807, 2.05) is 19.1 Å². The van der Waals surface area contributed by atoms with Gasteiger partial charge in [-0.3, -0.25) is 4.90 Å². The molecular formula is C25H33ClN4O2. The van der Waals surface area contributed by atoms with E-state index in [9.17, 15) is 5.11 Å². The van der Waals surface area contributed by atoms with Crippen LogP contribution in [0.2, 0.25) is 0 Å². The summed E-state index contributed by atoms with van der Waals surface area (Å²) in [6, 6.07) is 4.97. The van der Waals surface area contributed by atoms with Crippen molar-refractivity contribution in [3.8, 4) is 11.5 Å². The lowest BCUT2D eigenvalue weighted by molar-refractivity contribution is 0.166. The number of hydrogen-bond donors (Lipinski definition) is 1. The van der Waals surface area contributed by atoms with Crippen molar-refractivity contribution < 1.29 is 9.84 Å². The number of ether oxygens (including phenoxy) is 1. The van der Waals surface area contributed by atoms with Crippen LogP contribution in [0.5, 0.6) is 11.5 Å². The summed E-state index contributed by atoms with van der Waals surface area (Å²) in [5, 5.41) is 10.5. The lowest BCUT2D eigenvalue weighted by Crippen LogP contribution is -2.38. The molecule has 2 fully saturated rings. The summed E-state index contributed by atoms with van der Waals surface area (Å²) in [6.07, 6.45) is 10.3. The van der Waals surface area contributed by atoms with Gasteiger partial charge >= 0.3 is 0 Å². The van der Waals surface area contributed by atoms with Crippen molar-refractivity contribution in [3.63, 3.8) is 0 Å². The average Bonchev–Trinajstić information content (AvgIpc) is 3.39. The Labute approximate surface area is 196 Å². The number of phenols is 1. The minimum absolute atomic E-state index is 0. The van der Waals surface area contributed by atoms with Crippen LogP contribution in [0.1, 0.15) is 61.0 Å². The summed E-state index contributed by atoms with van der Waals surface area (Å²) in [5.74, 6) is 1.72. The maximum absolute atomic E-state index is 10.5. The molecule has 0 radical (unpaired) electrons. The zero-order valence-corrected chi connectivity index (χ0v) is 19.6. The Balaban J connectivity index is 0.00000245. The lowest BCUT2D eigenvalue weighted by Gasteiger charge is -2.36. The second-order valence-electron chi connectivity index (χ2n) is 8.92. The average molecular weight is 457 g/mol. The molecule has 7 heteroatoms. The normalized spacial score (nSPS) is 21.8. The van der Waals surface area contributed by atoms with Gasteiger partial charge < -0.3 is 14.7 Å².